The van der Waals surface area contributed by atoms with E-state index in [1.807, 2.05) is 60.7 Å². The van der Waals surface area contributed by atoms with Gasteiger partial charge in [0.05, 0.1) is 22.4 Å². The molecule has 0 fully saturated rings. The molecule has 5 heteroatoms. The first kappa shape index (κ1) is 27.3. The highest BCUT2D eigenvalue weighted by Gasteiger charge is 2.37. The molecule has 1 aliphatic rings. The average molecular weight is 606 g/mol. The maximum Gasteiger partial charge on any atom is 0.238 e. The lowest BCUT2D eigenvalue weighted by Gasteiger charge is -2.42. The zero-order chi connectivity index (χ0) is 31.5. The summed E-state index contributed by atoms with van der Waals surface area (Å²) >= 11 is 0. The Labute approximate surface area is 273 Å². The van der Waals surface area contributed by atoms with Gasteiger partial charge in [0.2, 0.25) is 5.95 Å². The highest BCUT2D eigenvalue weighted by molar-refractivity contribution is 6.11. The molecule has 0 saturated carbocycles. The van der Waals surface area contributed by atoms with Gasteiger partial charge in [-0.15, -0.1) is 0 Å². The minimum Gasteiger partial charge on any atom is -0.310 e. The maximum atomic E-state index is 5.15. The SMILES string of the molecule is CC1(C)c2ccccc2N(c2ccccc2)c2cc3c(cc21)c1ccccc1n3-c1nc(-c2ccccc2)nc(-c2ccccc2)n1. The molecule has 224 valence electrons. The highest BCUT2D eigenvalue weighted by Crippen LogP contribution is 2.53. The van der Waals surface area contributed by atoms with Crippen molar-refractivity contribution in [3.63, 3.8) is 0 Å². The molecule has 0 spiro atoms. The van der Waals surface area contributed by atoms with Gasteiger partial charge in [0.1, 0.15) is 0 Å². The molecule has 0 amide bonds. The number of nitrogens with zero attached hydrogens (tertiary/aromatic N) is 5. The third-order valence-corrected chi connectivity index (χ3v) is 9.42. The lowest BCUT2D eigenvalue weighted by atomic mass is 9.73. The van der Waals surface area contributed by atoms with E-state index in [1.165, 1.54) is 22.2 Å². The van der Waals surface area contributed by atoms with E-state index >= 15 is 0 Å². The van der Waals surface area contributed by atoms with E-state index in [-0.39, 0.29) is 5.41 Å². The fourth-order valence-electron chi connectivity index (χ4n) is 7.13. The van der Waals surface area contributed by atoms with Crippen LogP contribution >= 0.6 is 0 Å². The molecule has 9 rings (SSSR count). The number of anilines is 3. The van der Waals surface area contributed by atoms with E-state index in [1.54, 1.807) is 0 Å². The van der Waals surface area contributed by atoms with Crippen molar-refractivity contribution in [1.29, 1.82) is 0 Å². The maximum absolute atomic E-state index is 5.15. The monoisotopic (exact) mass is 605 g/mol. The second-order valence-corrected chi connectivity index (χ2v) is 12.6. The van der Waals surface area contributed by atoms with Crippen LogP contribution in [0.3, 0.4) is 0 Å². The number of fused-ring (bicyclic) bond motifs is 5. The standard InChI is InChI=1S/C42H31N5/c1-42(2)33-23-13-15-25-36(33)46(30-20-10-5-11-21-30)38-27-37-32(26-34(38)42)31-22-12-14-24-35(31)47(37)41-44-39(28-16-6-3-7-17-28)43-40(45-41)29-18-8-4-9-19-29/h3-27H,1-2H3. The number of para-hydroxylation sites is 3. The number of hydrogen-bond donors (Lipinski definition) is 0. The minimum absolute atomic E-state index is 0.220. The summed E-state index contributed by atoms with van der Waals surface area (Å²) in [5, 5.41) is 2.33. The van der Waals surface area contributed by atoms with Gasteiger partial charge < -0.3 is 4.90 Å². The Morgan fingerprint density at radius 3 is 1.72 bits per heavy atom. The molecule has 6 aromatic carbocycles. The number of hydrogen-bond acceptors (Lipinski definition) is 4. The quantitative estimate of drug-likeness (QED) is 0.200. The van der Waals surface area contributed by atoms with Crippen LogP contribution in [0.2, 0.25) is 0 Å². The molecule has 2 aromatic heterocycles. The Kier molecular flexibility index (Phi) is 6.09. The molecule has 0 bridgehead atoms. The molecular formula is C42H31N5. The van der Waals surface area contributed by atoms with Crippen LogP contribution in [-0.4, -0.2) is 19.5 Å². The molecule has 0 atom stereocenters. The fourth-order valence-corrected chi connectivity index (χ4v) is 7.13. The zero-order valence-corrected chi connectivity index (χ0v) is 26.2. The smallest absolute Gasteiger partial charge is 0.238 e. The van der Waals surface area contributed by atoms with Crippen LogP contribution in [0.1, 0.15) is 25.0 Å². The van der Waals surface area contributed by atoms with Crippen LogP contribution in [0.5, 0.6) is 0 Å². The van der Waals surface area contributed by atoms with Crippen LogP contribution in [0.4, 0.5) is 17.1 Å². The Morgan fingerprint density at radius 1 is 0.468 bits per heavy atom. The summed E-state index contributed by atoms with van der Waals surface area (Å²) in [6, 6.07) is 53.0. The summed E-state index contributed by atoms with van der Waals surface area (Å²) in [6.45, 7) is 4.67. The Bertz CT molecular complexity index is 2370. The molecule has 5 nitrogen and oxygen atoms in total. The van der Waals surface area contributed by atoms with Crippen molar-refractivity contribution in [2.24, 2.45) is 0 Å². The van der Waals surface area contributed by atoms with Crippen molar-refractivity contribution in [2.75, 3.05) is 4.90 Å². The van der Waals surface area contributed by atoms with Crippen LogP contribution < -0.4 is 4.90 Å². The third-order valence-electron chi connectivity index (χ3n) is 9.42. The van der Waals surface area contributed by atoms with E-state index in [9.17, 15) is 0 Å². The van der Waals surface area contributed by atoms with Crippen LogP contribution in [-0.2, 0) is 5.41 Å². The predicted octanol–water partition coefficient (Wildman–Crippen LogP) is 10.4. The topological polar surface area (TPSA) is 46.8 Å². The molecule has 3 heterocycles. The third kappa shape index (κ3) is 4.27. The first-order valence-corrected chi connectivity index (χ1v) is 16.0. The van der Waals surface area contributed by atoms with E-state index < -0.39 is 0 Å². The largest absolute Gasteiger partial charge is 0.310 e. The molecule has 1 aliphatic heterocycles. The van der Waals surface area contributed by atoms with Gasteiger partial charge in [0.25, 0.3) is 0 Å². The molecule has 8 aromatic rings. The number of rotatable bonds is 4. The minimum atomic E-state index is -0.220. The second kappa shape index (κ2) is 10.5. The number of benzene rings is 6. The van der Waals surface area contributed by atoms with Gasteiger partial charge in [0.15, 0.2) is 11.6 Å². The van der Waals surface area contributed by atoms with Crippen molar-refractivity contribution < 1.29 is 0 Å². The van der Waals surface area contributed by atoms with Crippen molar-refractivity contribution in [2.45, 2.75) is 19.3 Å². The molecule has 0 N–H and O–H groups in total. The summed E-state index contributed by atoms with van der Waals surface area (Å²) in [5.41, 5.74) is 9.81. The summed E-state index contributed by atoms with van der Waals surface area (Å²) in [6.07, 6.45) is 0. The van der Waals surface area contributed by atoms with Crippen molar-refractivity contribution >= 4 is 38.9 Å². The van der Waals surface area contributed by atoms with E-state index in [4.69, 9.17) is 15.0 Å². The molecule has 0 radical (unpaired) electrons. The highest BCUT2D eigenvalue weighted by atomic mass is 15.2. The van der Waals surface area contributed by atoms with E-state index in [0.29, 0.717) is 17.6 Å². The summed E-state index contributed by atoms with van der Waals surface area (Å²) < 4.78 is 2.21. The van der Waals surface area contributed by atoms with E-state index in [0.717, 1.165) is 38.9 Å². The molecule has 0 aliphatic carbocycles. The van der Waals surface area contributed by atoms with Gasteiger partial charge in [-0.25, -0.2) is 4.98 Å². The lowest BCUT2D eigenvalue weighted by molar-refractivity contribution is 0.633. The first-order valence-electron chi connectivity index (χ1n) is 16.0. The Morgan fingerprint density at radius 2 is 1.04 bits per heavy atom. The predicted molar refractivity (Wildman–Crippen MR) is 192 cm³/mol. The van der Waals surface area contributed by atoms with Crippen molar-refractivity contribution in [3.05, 3.63) is 163 Å². The summed E-state index contributed by atoms with van der Waals surface area (Å²) in [5.74, 6) is 1.87. The van der Waals surface area contributed by atoms with Crippen LogP contribution in [0.25, 0.3) is 50.5 Å². The van der Waals surface area contributed by atoms with Crippen molar-refractivity contribution in [3.8, 4) is 28.7 Å². The Hall–Kier alpha value is -6.07. The van der Waals surface area contributed by atoms with Gasteiger partial charge in [0, 0.05) is 33.0 Å². The normalized spacial score (nSPS) is 13.4. The van der Waals surface area contributed by atoms with Crippen LogP contribution in [0.15, 0.2) is 152 Å². The van der Waals surface area contributed by atoms with Crippen LogP contribution in [0, 0.1) is 0 Å². The first-order chi connectivity index (χ1) is 23.1. The lowest BCUT2D eigenvalue weighted by Crippen LogP contribution is -2.30. The summed E-state index contributed by atoms with van der Waals surface area (Å²) in [7, 11) is 0. The molecule has 47 heavy (non-hydrogen) atoms. The zero-order valence-electron chi connectivity index (χ0n) is 26.2. The number of aromatic nitrogens is 4. The second-order valence-electron chi connectivity index (χ2n) is 12.6. The van der Waals surface area contributed by atoms with Gasteiger partial charge in [-0.3, -0.25) is 4.57 Å². The van der Waals surface area contributed by atoms with Crippen molar-refractivity contribution in [1.82, 2.24) is 19.5 Å². The van der Waals surface area contributed by atoms with Gasteiger partial charge in [-0.05, 0) is 47.5 Å². The van der Waals surface area contributed by atoms with Gasteiger partial charge in [-0.2, -0.15) is 9.97 Å². The fraction of sp³-hybridized carbons (Fsp3) is 0.0714. The van der Waals surface area contributed by atoms with E-state index in [2.05, 4.69) is 114 Å². The average Bonchev–Trinajstić information content (AvgIpc) is 3.45. The summed E-state index contributed by atoms with van der Waals surface area (Å²) in [4.78, 5) is 17.7. The van der Waals surface area contributed by atoms with Gasteiger partial charge >= 0.3 is 0 Å². The molecule has 0 unspecified atom stereocenters. The molecule has 0 saturated heterocycles. The Balaban J connectivity index is 1.38. The van der Waals surface area contributed by atoms with Gasteiger partial charge in [-0.1, -0.05) is 129 Å². The molecular weight excluding hydrogens is 574 g/mol.